The van der Waals surface area contributed by atoms with Gasteiger partial charge in [-0.15, -0.1) is 0 Å². The van der Waals surface area contributed by atoms with Gasteiger partial charge in [0.1, 0.15) is 17.9 Å². The van der Waals surface area contributed by atoms with E-state index in [1.165, 1.54) is 5.56 Å². The maximum absolute atomic E-state index is 9.86. The van der Waals surface area contributed by atoms with Gasteiger partial charge < -0.3 is 29.9 Å². The Morgan fingerprint density at radius 2 is 2.15 bits per heavy atom. The summed E-state index contributed by atoms with van der Waals surface area (Å²) in [5.41, 5.74) is 5.47. The number of ether oxygens (including phenoxy) is 1. The van der Waals surface area contributed by atoms with Crippen molar-refractivity contribution >= 4 is 17.6 Å². The first-order chi connectivity index (χ1) is 16.1. The normalized spacial score (nSPS) is 17.8. The zero-order chi connectivity index (χ0) is 22.9. The number of imidazole rings is 1. The quantitative estimate of drug-likeness (QED) is 0.528. The molecule has 0 bridgehead atoms. The molecular formula is C24H31N7O2. The second kappa shape index (κ2) is 8.99. The van der Waals surface area contributed by atoms with Crippen LogP contribution in [-0.2, 0) is 13.0 Å². The van der Waals surface area contributed by atoms with Crippen molar-refractivity contribution < 1.29 is 9.84 Å². The summed E-state index contributed by atoms with van der Waals surface area (Å²) in [5, 5.41) is 16.6. The van der Waals surface area contributed by atoms with Crippen LogP contribution in [0.1, 0.15) is 35.2 Å². The lowest BCUT2D eigenvalue weighted by Gasteiger charge is -2.29. The van der Waals surface area contributed by atoms with Crippen LogP contribution in [0.4, 0.5) is 17.6 Å². The molecule has 0 amide bonds. The van der Waals surface area contributed by atoms with Gasteiger partial charge in [0.2, 0.25) is 5.95 Å². The van der Waals surface area contributed by atoms with E-state index in [2.05, 4.69) is 40.4 Å². The topological polar surface area (TPSA) is 100 Å². The molecule has 1 fully saturated rings. The average Bonchev–Trinajstić information content (AvgIpc) is 3.50. The lowest BCUT2D eigenvalue weighted by atomic mass is 10.1. The molecule has 1 saturated heterocycles. The number of hydrogen-bond acceptors (Lipinski definition) is 8. The molecule has 0 saturated carbocycles. The third-order valence-electron chi connectivity index (χ3n) is 6.72. The maximum atomic E-state index is 9.86. The Hall–Kier alpha value is -3.17. The fourth-order valence-electron chi connectivity index (χ4n) is 4.75. The molecule has 2 aliphatic heterocycles. The van der Waals surface area contributed by atoms with E-state index in [0.29, 0.717) is 18.3 Å². The smallest absolute Gasteiger partial charge is 0.230 e. The predicted molar refractivity (Wildman–Crippen MR) is 128 cm³/mol. The molecule has 3 aromatic rings. The van der Waals surface area contributed by atoms with Crippen LogP contribution in [-0.4, -0.2) is 57.5 Å². The van der Waals surface area contributed by atoms with Gasteiger partial charge in [0, 0.05) is 24.7 Å². The zero-order valence-corrected chi connectivity index (χ0v) is 19.4. The lowest BCUT2D eigenvalue weighted by molar-refractivity contribution is 0.266. The van der Waals surface area contributed by atoms with Crippen LogP contribution >= 0.6 is 0 Å². The summed E-state index contributed by atoms with van der Waals surface area (Å²) in [7, 11) is 1.69. The van der Waals surface area contributed by atoms with E-state index >= 15 is 0 Å². The summed E-state index contributed by atoms with van der Waals surface area (Å²) in [5.74, 6) is 2.99. The van der Waals surface area contributed by atoms with Crippen molar-refractivity contribution in [1.82, 2.24) is 24.8 Å². The number of methoxy groups -OCH3 is 1. The summed E-state index contributed by atoms with van der Waals surface area (Å²) in [6.07, 6.45) is 6.64. The second-order valence-corrected chi connectivity index (χ2v) is 8.78. The van der Waals surface area contributed by atoms with E-state index in [-0.39, 0.29) is 12.6 Å². The summed E-state index contributed by atoms with van der Waals surface area (Å²) < 4.78 is 7.48. The standard InChI is InChI=1S/C24H31N7O2/c1-15-9-18(10-21(33-3)16(15)2)30-12-22(26-14-30)28-24-27-20-11-25-7-6-19(20)23(29-24)31-8-4-5-17(31)13-32/h9-10,12,14,17,25,32H,4-8,11,13H2,1-3H3,(H,27,28,29)/t17-/m0/s1. The molecule has 1 atom stereocenters. The van der Waals surface area contributed by atoms with Crippen LogP contribution in [0, 0.1) is 13.8 Å². The van der Waals surface area contributed by atoms with Crippen molar-refractivity contribution in [2.45, 2.75) is 45.7 Å². The minimum atomic E-state index is 0.116. The van der Waals surface area contributed by atoms with Crippen LogP contribution in [0.25, 0.3) is 5.69 Å². The summed E-state index contributed by atoms with van der Waals surface area (Å²) in [4.78, 5) is 16.5. The molecule has 0 spiro atoms. The fourth-order valence-corrected chi connectivity index (χ4v) is 4.75. The van der Waals surface area contributed by atoms with Crippen LogP contribution in [0.5, 0.6) is 5.75 Å². The van der Waals surface area contributed by atoms with Crippen LogP contribution in [0.2, 0.25) is 0 Å². The molecule has 0 aliphatic carbocycles. The number of aliphatic hydroxyl groups is 1. The molecule has 0 radical (unpaired) electrons. The molecule has 1 aromatic carbocycles. The van der Waals surface area contributed by atoms with Gasteiger partial charge in [-0.05, 0) is 56.8 Å². The third kappa shape index (κ3) is 4.14. The first-order valence-electron chi connectivity index (χ1n) is 11.5. The van der Waals surface area contributed by atoms with Crippen molar-refractivity contribution in [3.05, 3.63) is 47.0 Å². The summed E-state index contributed by atoms with van der Waals surface area (Å²) >= 11 is 0. The largest absolute Gasteiger partial charge is 0.496 e. The third-order valence-corrected chi connectivity index (χ3v) is 6.72. The Kier molecular flexibility index (Phi) is 5.90. The number of nitrogens with one attached hydrogen (secondary N) is 2. The Morgan fingerprint density at radius 1 is 1.27 bits per heavy atom. The first-order valence-corrected chi connectivity index (χ1v) is 11.5. The SMILES string of the molecule is COc1cc(-n2cnc(Nc3nc4c(c(N5CCC[C@H]5CO)n3)CCNC4)c2)cc(C)c1C. The minimum absolute atomic E-state index is 0.116. The number of aliphatic hydroxyl groups excluding tert-OH is 1. The first kappa shape index (κ1) is 21.7. The minimum Gasteiger partial charge on any atom is -0.496 e. The molecule has 0 unspecified atom stereocenters. The molecule has 2 aromatic heterocycles. The van der Waals surface area contributed by atoms with E-state index in [1.54, 1.807) is 13.4 Å². The highest BCUT2D eigenvalue weighted by Gasteiger charge is 2.29. The van der Waals surface area contributed by atoms with Gasteiger partial charge in [-0.25, -0.2) is 9.97 Å². The summed E-state index contributed by atoms with van der Waals surface area (Å²) in [6, 6.07) is 4.24. The predicted octanol–water partition coefficient (Wildman–Crippen LogP) is 2.64. The Balaban J connectivity index is 1.45. The van der Waals surface area contributed by atoms with E-state index < -0.39 is 0 Å². The number of rotatable bonds is 6. The lowest BCUT2D eigenvalue weighted by Crippen LogP contribution is -2.36. The highest BCUT2D eigenvalue weighted by molar-refractivity contribution is 5.58. The van der Waals surface area contributed by atoms with Gasteiger partial charge in [0.15, 0.2) is 5.82 Å². The van der Waals surface area contributed by atoms with Gasteiger partial charge in [-0.3, -0.25) is 0 Å². The number of aryl methyl sites for hydroxylation is 1. The molecule has 9 nitrogen and oxygen atoms in total. The highest BCUT2D eigenvalue weighted by atomic mass is 16.5. The van der Waals surface area contributed by atoms with Crippen molar-refractivity contribution in [1.29, 1.82) is 0 Å². The van der Waals surface area contributed by atoms with E-state index in [0.717, 1.165) is 66.4 Å². The molecule has 5 rings (SSSR count). The van der Waals surface area contributed by atoms with E-state index in [1.807, 2.05) is 16.8 Å². The van der Waals surface area contributed by atoms with E-state index in [4.69, 9.17) is 14.7 Å². The van der Waals surface area contributed by atoms with E-state index in [9.17, 15) is 5.11 Å². The average molecular weight is 450 g/mol. The molecule has 9 heteroatoms. The molecule has 33 heavy (non-hydrogen) atoms. The Morgan fingerprint density at radius 3 is 2.97 bits per heavy atom. The number of aromatic nitrogens is 4. The van der Waals surface area contributed by atoms with Crippen LogP contribution in [0.15, 0.2) is 24.7 Å². The molecule has 174 valence electrons. The molecule has 2 aliphatic rings. The Bertz CT molecular complexity index is 1160. The van der Waals surface area contributed by atoms with Gasteiger partial charge in [0.05, 0.1) is 37.3 Å². The van der Waals surface area contributed by atoms with Crippen LogP contribution < -0.4 is 20.3 Å². The zero-order valence-electron chi connectivity index (χ0n) is 19.4. The molecule has 3 N–H and O–H groups in total. The van der Waals surface area contributed by atoms with Gasteiger partial charge in [0.25, 0.3) is 0 Å². The van der Waals surface area contributed by atoms with Crippen LogP contribution in [0.3, 0.4) is 0 Å². The maximum Gasteiger partial charge on any atom is 0.230 e. The monoisotopic (exact) mass is 449 g/mol. The van der Waals surface area contributed by atoms with Gasteiger partial charge in [-0.2, -0.15) is 4.98 Å². The number of benzene rings is 1. The molecule has 4 heterocycles. The highest BCUT2D eigenvalue weighted by Crippen LogP contribution is 2.32. The molecular weight excluding hydrogens is 418 g/mol. The van der Waals surface area contributed by atoms with Crippen molar-refractivity contribution in [3.8, 4) is 11.4 Å². The number of anilines is 3. The second-order valence-electron chi connectivity index (χ2n) is 8.78. The Labute approximate surface area is 193 Å². The van der Waals surface area contributed by atoms with Crippen molar-refractivity contribution in [2.75, 3.05) is 37.0 Å². The van der Waals surface area contributed by atoms with Gasteiger partial charge >= 0.3 is 0 Å². The van der Waals surface area contributed by atoms with Crippen molar-refractivity contribution in [2.24, 2.45) is 0 Å². The fraction of sp³-hybridized carbons (Fsp3) is 0.458. The number of fused-ring (bicyclic) bond motifs is 1. The number of hydrogen-bond donors (Lipinski definition) is 3. The van der Waals surface area contributed by atoms with Gasteiger partial charge in [-0.1, -0.05) is 0 Å². The summed E-state index contributed by atoms with van der Waals surface area (Å²) in [6.45, 7) is 6.81. The number of nitrogens with zero attached hydrogens (tertiary/aromatic N) is 5. The van der Waals surface area contributed by atoms with Crippen molar-refractivity contribution in [3.63, 3.8) is 0 Å².